The number of aryl methyl sites for hydroxylation is 1. The third-order valence-corrected chi connectivity index (χ3v) is 3.46. The Bertz CT molecular complexity index is 394. The fraction of sp³-hybridized carbons (Fsp3) is 0.222. The van der Waals surface area contributed by atoms with E-state index in [2.05, 4.69) is 9.59 Å². The summed E-state index contributed by atoms with van der Waals surface area (Å²) in [5.41, 5.74) is 0. The number of carbonyl (C=O) groups excluding carboxylic acids is 1. The van der Waals surface area contributed by atoms with Crippen molar-refractivity contribution in [2.75, 3.05) is 0 Å². The van der Waals surface area contributed by atoms with Crippen molar-refractivity contribution in [1.29, 1.82) is 0 Å². The Balaban J connectivity index is 1.90. The molecule has 0 radical (unpaired) electrons. The monoisotopic (exact) mass is 224 g/mol. The van der Waals surface area contributed by atoms with Gasteiger partial charge in [-0.15, -0.1) is 16.4 Å². The summed E-state index contributed by atoms with van der Waals surface area (Å²) in [6, 6.07) is 4.04. The van der Waals surface area contributed by atoms with E-state index in [1.165, 1.54) is 11.1 Å². The average Bonchev–Trinajstić information content (AvgIpc) is 2.87. The van der Waals surface area contributed by atoms with Crippen molar-refractivity contribution in [3.8, 4) is 0 Å². The molecule has 0 aliphatic rings. The molecule has 0 fully saturated rings. The van der Waals surface area contributed by atoms with Crippen LogP contribution in [0.3, 0.4) is 0 Å². The van der Waals surface area contributed by atoms with Gasteiger partial charge in [-0.1, -0.05) is 10.6 Å². The van der Waals surface area contributed by atoms with E-state index in [0.29, 0.717) is 11.3 Å². The molecule has 2 aromatic heterocycles. The van der Waals surface area contributed by atoms with E-state index in [4.69, 9.17) is 0 Å². The van der Waals surface area contributed by atoms with Gasteiger partial charge in [0.1, 0.15) is 4.88 Å². The molecule has 14 heavy (non-hydrogen) atoms. The maximum absolute atomic E-state index is 11.5. The molecule has 0 amide bonds. The first kappa shape index (κ1) is 9.48. The van der Waals surface area contributed by atoms with Gasteiger partial charge in [0.25, 0.3) is 0 Å². The predicted molar refractivity (Wildman–Crippen MR) is 56.9 cm³/mol. The van der Waals surface area contributed by atoms with Crippen molar-refractivity contribution < 1.29 is 4.79 Å². The first-order valence-electron chi connectivity index (χ1n) is 4.19. The highest BCUT2D eigenvalue weighted by atomic mass is 32.1. The van der Waals surface area contributed by atoms with Gasteiger partial charge in [-0.3, -0.25) is 4.79 Å². The number of thiophene rings is 1. The summed E-state index contributed by atoms with van der Waals surface area (Å²) in [7, 11) is 0. The summed E-state index contributed by atoms with van der Waals surface area (Å²) in [6.07, 6.45) is 2.89. The number of rotatable bonds is 4. The quantitative estimate of drug-likeness (QED) is 0.749. The van der Waals surface area contributed by atoms with Crippen molar-refractivity contribution in [1.82, 2.24) is 9.59 Å². The highest BCUT2D eigenvalue weighted by Crippen LogP contribution is 2.13. The SMILES string of the molecule is O=C(CCc1cccs1)c1cnns1. The number of aromatic nitrogens is 2. The Kier molecular flexibility index (Phi) is 3.00. The van der Waals surface area contributed by atoms with E-state index in [1.54, 1.807) is 11.3 Å². The lowest BCUT2D eigenvalue weighted by Crippen LogP contribution is -1.97. The van der Waals surface area contributed by atoms with Gasteiger partial charge in [-0.25, -0.2) is 0 Å². The molecule has 0 saturated heterocycles. The summed E-state index contributed by atoms with van der Waals surface area (Å²) < 4.78 is 3.66. The zero-order chi connectivity index (χ0) is 9.80. The minimum Gasteiger partial charge on any atom is -0.293 e. The molecule has 0 aliphatic carbocycles. The molecule has 3 nitrogen and oxygen atoms in total. The van der Waals surface area contributed by atoms with Gasteiger partial charge in [0.2, 0.25) is 0 Å². The summed E-state index contributed by atoms with van der Waals surface area (Å²) in [6.45, 7) is 0. The molecule has 2 aromatic rings. The molecule has 0 aromatic carbocycles. The van der Waals surface area contributed by atoms with Gasteiger partial charge < -0.3 is 0 Å². The zero-order valence-corrected chi connectivity index (χ0v) is 8.98. The van der Waals surface area contributed by atoms with Crippen LogP contribution in [0, 0.1) is 0 Å². The zero-order valence-electron chi connectivity index (χ0n) is 7.34. The molecule has 0 aliphatic heterocycles. The molecular formula is C9H8N2OS2. The summed E-state index contributed by atoms with van der Waals surface area (Å²) in [5.74, 6) is 0.133. The lowest BCUT2D eigenvalue weighted by Gasteiger charge is -1.94. The summed E-state index contributed by atoms with van der Waals surface area (Å²) >= 11 is 2.84. The number of hydrogen-bond donors (Lipinski definition) is 0. The third kappa shape index (κ3) is 2.24. The first-order valence-corrected chi connectivity index (χ1v) is 5.84. The summed E-state index contributed by atoms with van der Waals surface area (Å²) in [5, 5.41) is 5.66. The molecular weight excluding hydrogens is 216 g/mol. The second kappa shape index (κ2) is 4.43. The van der Waals surface area contributed by atoms with Gasteiger partial charge in [-0.2, -0.15) is 0 Å². The maximum atomic E-state index is 11.5. The maximum Gasteiger partial charge on any atom is 0.176 e. The van der Waals surface area contributed by atoms with Crippen LogP contribution >= 0.6 is 22.9 Å². The Morgan fingerprint density at radius 3 is 3.07 bits per heavy atom. The van der Waals surface area contributed by atoms with Crippen molar-refractivity contribution >= 4 is 28.7 Å². The minimum atomic E-state index is 0.133. The number of ketones is 1. The normalized spacial score (nSPS) is 10.3. The minimum absolute atomic E-state index is 0.133. The molecule has 72 valence electrons. The van der Waals surface area contributed by atoms with Crippen LogP contribution in [0.25, 0.3) is 0 Å². The van der Waals surface area contributed by atoms with Gasteiger partial charge in [0, 0.05) is 11.3 Å². The topological polar surface area (TPSA) is 42.9 Å². The van der Waals surface area contributed by atoms with Crippen LogP contribution in [0.4, 0.5) is 0 Å². The van der Waals surface area contributed by atoms with Gasteiger partial charge >= 0.3 is 0 Å². The Morgan fingerprint density at radius 2 is 2.43 bits per heavy atom. The van der Waals surface area contributed by atoms with Crippen LogP contribution in [-0.2, 0) is 6.42 Å². The smallest absolute Gasteiger partial charge is 0.176 e. The van der Waals surface area contributed by atoms with Crippen LogP contribution in [0.2, 0.25) is 0 Å². The van der Waals surface area contributed by atoms with Gasteiger partial charge in [-0.05, 0) is 29.4 Å². The second-order valence-electron chi connectivity index (χ2n) is 2.78. The average molecular weight is 224 g/mol. The standard InChI is InChI=1S/C9H8N2OS2/c12-8(9-6-10-11-14-9)4-3-7-2-1-5-13-7/h1-2,5-6H,3-4H2. The van der Waals surface area contributed by atoms with Gasteiger partial charge in [0.15, 0.2) is 5.78 Å². The number of Topliss-reactive ketones (excluding diaryl/α,β-unsaturated/α-hetero) is 1. The lowest BCUT2D eigenvalue weighted by atomic mass is 10.2. The van der Waals surface area contributed by atoms with Crippen LogP contribution in [-0.4, -0.2) is 15.4 Å². The molecule has 0 spiro atoms. The largest absolute Gasteiger partial charge is 0.293 e. The number of carbonyl (C=O) groups is 1. The van der Waals surface area contributed by atoms with Crippen molar-refractivity contribution in [3.63, 3.8) is 0 Å². The fourth-order valence-electron chi connectivity index (χ4n) is 1.10. The second-order valence-corrected chi connectivity index (χ2v) is 4.60. The van der Waals surface area contributed by atoms with Crippen LogP contribution in [0.5, 0.6) is 0 Å². The molecule has 0 bridgehead atoms. The Labute approximate surface area is 89.6 Å². The van der Waals surface area contributed by atoms with Crippen LogP contribution < -0.4 is 0 Å². The third-order valence-electron chi connectivity index (χ3n) is 1.81. The van der Waals surface area contributed by atoms with E-state index in [-0.39, 0.29) is 5.78 Å². The lowest BCUT2D eigenvalue weighted by molar-refractivity contribution is 0.0987. The predicted octanol–water partition coefficient (Wildman–Crippen LogP) is 2.42. The van der Waals surface area contributed by atoms with E-state index in [0.717, 1.165) is 18.0 Å². The molecule has 2 heterocycles. The van der Waals surface area contributed by atoms with Crippen LogP contribution in [0.15, 0.2) is 23.7 Å². The van der Waals surface area contributed by atoms with Crippen molar-refractivity contribution in [2.24, 2.45) is 0 Å². The molecule has 0 atom stereocenters. The molecule has 0 N–H and O–H groups in total. The van der Waals surface area contributed by atoms with Gasteiger partial charge in [0.05, 0.1) is 6.20 Å². The highest BCUT2D eigenvalue weighted by molar-refractivity contribution is 7.10. The van der Waals surface area contributed by atoms with Crippen LogP contribution in [0.1, 0.15) is 21.0 Å². The van der Waals surface area contributed by atoms with E-state index in [1.807, 2.05) is 17.5 Å². The number of nitrogens with zero attached hydrogens (tertiary/aromatic N) is 2. The van der Waals surface area contributed by atoms with Crippen molar-refractivity contribution in [3.05, 3.63) is 33.5 Å². The highest BCUT2D eigenvalue weighted by Gasteiger charge is 2.08. The van der Waals surface area contributed by atoms with E-state index < -0.39 is 0 Å². The molecule has 2 rings (SSSR count). The van der Waals surface area contributed by atoms with E-state index >= 15 is 0 Å². The molecule has 5 heteroatoms. The van der Waals surface area contributed by atoms with E-state index in [9.17, 15) is 4.79 Å². The Morgan fingerprint density at radius 1 is 1.50 bits per heavy atom. The number of hydrogen-bond acceptors (Lipinski definition) is 5. The fourth-order valence-corrected chi connectivity index (χ4v) is 2.29. The summed E-state index contributed by atoms with van der Waals surface area (Å²) in [4.78, 5) is 13.4. The van der Waals surface area contributed by atoms with Crippen molar-refractivity contribution in [2.45, 2.75) is 12.8 Å². The molecule has 0 unspecified atom stereocenters. The first-order chi connectivity index (χ1) is 6.86. The molecule has 0 saturated carbocycles. The Hall–Kier alpha value is -1.07.